The molecule has 2 aliphatic rings. The number of hydrogen-bond acceptors (Lipinski definition) is 5. The van der Waals surface area contributed by atoms with Gasteiger partial charge >= 0.3 is 0 Å². The highest BCUT2D eigenvalue weighted by atomic mass is 16.5. The standard InChI is InChI=1S/C25H28N2O4/c1-17-12-14-26(15-13-17)23-22(18-8-10-20(30-2)11-9-18)24(28)27(25(23)29)16-19-6-4-5-7-21(19)31-3/h4-11,17H,12-16H2,1-3H3. The first kappa shape index (κ1) is 21.0. The lowest BCUT2D eigenvalue weighted by atomic mass is 9.97. The Morgan fingerprint density at radius 2 is 1.58 bits per heavy atom. The number of benzene rings is 2. The Balaban J connectivity index is 1.72. The molecule has 0 aromatic heterocycles. The van der Waals surface area contributed by atoms with Gasteiger partial charge < -0.3 is 14.4 Å². The van der Waals surface area contributed by atoms with E-state index < -0.39 is 0 Å². The minimum absolute atomic E-state index is 0.176. The maximum atomic E-state index is 13.5. The van der Waals surface area contributed by atoms with Crippen molar-refractivity contribution in [3.8, 4) is 11.5 Å². The molecule has 2 aromatic carbocycles. The van der Waals surface area contributed by atoms with E-state index in [1.165, 1.54) is 4.90 Å². The fourth-order valence-electron chi connectivity index (χ4n) is 4.25. The third kappa shape index (κ3) is 4.02. The summed E-state index contributed by atoms with van der Waals surface area (Å²) in [6, 6.07) is 14.8. The largest absolute Gasteiger partial charge is 0.497 e. The summed E-state index contributed by atoms with van der Waals surface area (Å²) in [5.74, 6) is 1.49. The number of para-hydroxylation sites is 1. The Bertz CT molecular complexity index is 1000. The van der Waals surface area contributed by atoms with E-state index in [9.17, 15) is 9.59 Å². The van der Waals surface area contributed by atoms with Crippen LogP contribution < -0.4 is 9.47 Å². The zero-order valence-corrected chi connectivity index (χ0v) is 18.3. The molecule has 4 rings (SSSR count). The SMILES string of the molecule is COc1ccc(C2=C(N3CCC(C)CC3)C(=O)N(Cc3ccccc3OC)C2=O)cc1. The van der Waals surface area contributed by atoms with Crippen LogP contribution in [0, 0.1) is 5.92 Å². The van der Waals surface area contributed by atoms with E-state index in [4.69, 9.17) is 9.47 Å². The number of imide groups is 1. The van der Waals surface area contributed by atoms with Gasteiger partial charge in [-0.25, -0.2) is 0 Å². The zero-order valence-electron chi connectivity index (χ0n) is 18.3. The highest BCUT2D eigenvalue weighted by molar-refractivity contribution is 6.35. The molecule has 162 valence electrons. The molecule has 31 heavy (non-hydrogen) atoms. The van der Waals surface area contributed by atoms with Gasteiger partial charge in [-0.05, 0) is 42.5 Å². The number of amides is 2. The summed E-state index contributed by atoms with van der Waals surface area (Å²) in [6.07, 6.45) is 2.01. The lowest BCUT2D eigenvalue weighted by Gasteiger charge is -2.32. The molecule has 2 aromatic rings. The average molecular weight is 421 g/mol. The van der Waals surface area contributed by atoms with Crippen LogP contribution in [-0.4, -0.2) is 48.9 Å². The third-order valence-electron chi connectivity index (χ3n) is 6.14. The Hall–Kier alpha value is -3.28. The minimum Gasteiger partial charge on any atom is -0.497 e. The first-order valence-corrected chi connectivity index (χ1v) is 10.6. The summed E-state index contributed by atoms with van der Waals surface area (Å²) in [7, 11) is 3.20. The summed E-state index contributed by atoms with van der Waals surface area (Å²) >= 11 is 0. The van der Waals surface area contributed by atoms with E-state index in [1.54, 1.807) is 14.2 Å². The molecule has 2 aliphatic heterocycles. The van der Waals surface area contributed by atoms with Crippen molar-refractivity contribution >= 4 is 17.4 Å². The van der Waals surface area contributed by atoms with Crippen LogP contribution in [0.4, 0.5) is 0 Å². The van der Waals surface area contributed by atoms with Crippen LogP contribution >= 0.6 is 0 Å². The molecule has 1 saturated heterocycles. The van der Waals surface area contributed by atoms with Crippen LogP contribution in [0.3, 0.4) is 0 Å². The molecule has 0 saturated carbocycles. The fourth-order valence-corrected chi connectivity index (χ4v) is 4.25. The molecular weight excluding hydrogens is 392 g/mol. The zero-order chi connectivity index (χ0) is 22.0. The van der Waals surface area contributed by atoms with Gasteiger partial charge in [0.25, 0.3) is 11.8 Å². The van der Waals surface area contributed by atoms with E-state index >= 15 is 0 Å². The predicted octanol–water partition coefficient (Wildman–Crippen LogP) is 3.72. The third-order valence-corrected chi connectivity index (χ3v) is 6.14. The summed E-state index contributed by atoms with van der Waals surface area (Å²) in [6.45, 7) is 3.95. The molecular formula is C25H28N2O4. The lowest BCUT2D eigenvalue weighted by molar-refractivity contribution is -0.138. The number of hydrogen-bond donors (Lipinski definition) is 0. The lowest BCUT2D eigenvalue weighted by Crippen LogP contribution is -2.38. The predicted molar refractivity (Wildman–Crippen MR) is 118 cm³/mol. The number of nitrogens with zero attached hydrogens (tertiary/aromatic N) is 2. The van der Waals surface area contributed by atoms with Crippen molar-refractivity contribution in [1.29, 1.82) is 0 Å². The number of likely N-dealkylation sites (tertiary alicyclic amines) is 1. The van der Waals surface area contributed by atoms with Crippen LogP contribution in [0.2, 0.25) is 0 Å². The molecule has 0 radical (unpaired) electrons. The van der Waals surface area contributed by atoms with E-state index in [0.717, 1.165) is 37.1 Å². The monoisotopic (exact) mass is 420 g/mol. The molecule has 6 nitrogen and oxygen atoms in total. The molecule has 2 amide bonds. The topological polar surface area (TPSA) is 59.1 Å². The van der Waals surface area contributed by atoms with Gasteiger partial charge in [0.15, 0.2) is 0 Å². The van der Waals surface area contributed by atoms with Crippen LogP contribution in [0.5, 0.6) is 11.5 Å². The van der Waals surface area contributed by atoms with Crippen molar-refractivity contribution in [3.05, 3.63) is 65.4 Å². The van der Waals surface area contributed by atoms with Gasteiger partial charge in [0.05, 0.1) is 26.3 Å². The van der Waals surface area contributed by atoms with Gasteiger partial charge in [-0.3, -0.25) is 14.5 Å². The average Bonchev–Trinajstić information content (AvgIpc) is 3.05. The maximum absolute atomic E-state index is 13.5. The van der Waals surface area contributed by atoms with Crippen molar-refractivity contribution < 1.29 is 19.1 Å². The fraction of sp³-hybridized carbons (Fsp3) is 0.360. The van der Waals surface area contributed by atoms with Crippen molar-refractivity contribution in [2.75, 3.05) is 27.3 Å². The quantitative estimate of drug-likeness (QED) is 0.667. The highest BCUT2D eigenvalue weighted by Gasteiger charge is 2.42. The van der Waals surface area contributed by atoms with Gasteiger partial charge in [0, 0.05) is 18.7 Å². The molecule has 1 fully saturated rings. The number of ether oxygens (including phenoxy) is 2. The van der Waals surface area contributed by atoms with Crippen LogP contribution in [0.15, 0.2) is 54.2 Å². The first-order valence-electron chi connectivity index (χ1n) is 10.6. The van der Waals surface area contributed by atoms with Crippen LogP contribution in [-0.2, 0) is 16.1 Å². The Morgan fingerprint density at radius 3 is 2.23 bits per heavy atom. The Labute approximate surface area is 183 Å². The smallest absolute Gasteiger partial charge is 0.278 e. The van der Waals surface area contributed by atoms with Crippen LogP contribution in [0.1, 0.15) is 30.9 Å². The number of carbonyl (C=O) groups excluding carboxylic acids is 2. The van der Waals surface area contributed by atoms with Gasteiger partial charge in [0.2, 0.25) is 0 Å². The normalized spacial score (nSPS) is 17.5. The number of methoxy groups -OCH3 is 2. The molecule has 0 unspecified atom stereocenters. The van der Waals surface area contributed by atoms with Gasteiger partial charge in [0.1, 0.15) is 17.2 Å². The van der Waals surface area contributed by atoms with Crippen molar-refractivity contribution in [3.63, 3.8) is 0 Å². The summed E-state index contributed by atoms with van der Waals surface area (Å²) in [5.41, 5.74) is 2.51. The van der Waals surface area contributed by atoms with Crippen LogP contribution in [0.25, 0.3) is 5.57 Å². The summed E-state index contributed by atoms with van der Waals surface area (Å²) in [4.78, 5) is 30.5. The molecule has 0 N–H and O–H groups in total. The number of carbonyl (C=O) groups is 2. The molecule has 0 spiro atoms. The molecule has 0 bridgehead atoms. The first-order chi connectivity index (χ1) is 15.0. The van der Waals surface area contributed by atoms with E-state index in [0.29, 0.717) is 28.7 Å². The van der Waals surface area contributed by atoms with Crippen molar-refractivity contribution in [1.82, 2.24) is 9.80 Å². The van der Waals surface area contributed by atoms with Gasteiger partial charge in [-0.2, -0.15) is 0 Å². The summed E-state index contributed by atoms with van der Waals surface area (Å²) in [5, 5.41) is 0. The molecule has 2 heterocycles. The second-order valence-electron chi connectivity index (χ2n) is 8.13. The van der Waals surface area contributed by atoms with E-state index in [1.807, 2.05) is 48.5 Å². The van der Waals surface area contributed by atoms with Crippen molar-refractivity contribution in [2.45, 2.75) is 26.3 Å². The van der Waals surface area contributed by atoms with E-state index in [2.05, 4.69) is 11.8 Å². The minimum atomic E-state index is -0.269. The maximum Gasteiger partial charge on any atom is 0.278 e. The Kier molecular flexibility index (Phi) is 5.98. The van der Waals surface area contributed by atoms with Gasteiger partial charge in [-0.15, -0.1) is 0 Å². The summed E-state index contributed by atoms with van der Waals surface area (Å²) < 4.78 is 10.7. The Morgan fingerprint density at radius 1 is 0.903 bits per heavy atom. The van der Waals surface area contributed by atoms with Gasteiger partial charge in [-0.1, -0.05) is 37.3 Å². The van der Waals surface area contributed by atoms with Crippen molar-refractivity contribution in [2.24, 2.45) is 5.92 Å². The number of rotatable bonds is 6. The highest BCUT2D eigenvalue weighted by Crippen LogP contribution is 2.36. The molecule has 6 heteroatoms. The molecule has 0 atom stereocenters. The second kappa shape index (κ2) is 8.84. The number of piperidine rings is 1. The second-order valence-corrected chi connectivity index (χ2v) is 8.13. The van der Waals surface area contributed by atoms with E-state index in [-0.39, 0.29) is 18.4 Å². The molecule has 0 aliphatic carbocycles.